The summed E-state index contributed by atoms with van der Waals surface area (Å²) >= 11 is 0. The molecule has 0 aliphatic heterocycles. The van der Waals surface area contributed by atoms with Gasteiger partial charge in [0.05, 0.1) is 0 Å². The SMILES string of the molecule is C#CNc1c[c-]c(C)cc1C.[W+2]. The zero-order valence-corrected chi connectivity index (χ0v) is 10.1. The quantitative estimate of drug-likeness (QED) is 0.473. The van der Waals surface area contributed by atoms with Gasteiger partial charge in [-0.05, 0) is 6.04 Å². The summed E-state index contributed by atoms with van der Waals surface area (Å²) in [6, 6.07) is 9.35. The second-order valence-corrected chi connectivity index (χ2v) is 2.48. The van der Waals surface area contributed by atoms with Crippen LogP contribution in [0.5, 0.6) is 0 Å². The summed E-state index contributed by atoms with van der Waals surface area (Å²) in [7, 11) is 0. The molecule has 0 amide bonds. The number of hydrogen-bond acceptors (Lipinski definition) is 1. The minimum Gasteiger partial charge on any atom is -0.368 e. The Bertz CT molecular complexity index is 299. The molecule has 1 aromatic carbocycles. The van der Waals surface area contributed by atoms with E-state index < -0.39 is 0 Å². The van der Waals surface area contributed by atoms with Gasteiger partial charge in [-0.1, -0.05) is 26.0 Å². The minimum absolute atomic E-state index is 0. The van der Waals surface area contributed by atoms with Gasteiger partial charge >= 0.3 is 21.1 Å². The molecule has 0 radical (unpaired) electrons. The fourth-order valence-electron chi connectivity index (χ4n) is 0.956. The van der Waals surface area contributed by atoms with Crippen LogP contribution in [-0.4, -0.2) is 0 Å². The van der Waals surface area contributed by atoms with E-state index in [4.69, 9.17) is 6.42 Å². The summed E-state index contributed by atoms with van der Waals surface area (Å²) in [6.07, 6.45) is 5.09. The molecule has 0 spiro atoms. The number of nitrogens with one attached hydrogen (secondary N) is 1. The van der Waals surface area contributed by atoms with E-state index >= 15 is 0 Å². The van der Waals surface area contributed by atoms with Gasteiger partial charge in [0, 0.05) is 0 Å². The molecule has 2 heteroatoms. The third-order valence-electron chi connectivity index (χ3n) is 1.51. The normalized spacial score (nSPS) is 8.08. The van der Waals surface area contributed by atoms with E-state index in [2.05, 4.69) is 17.4 Å². The second kappa shape index (κ2) is 5.01. The van der Waals surface area contributed by atoms with E-state index in [1.165, 1.54) is 0 Å². The van der Waals surface area contributed by atoms with Crippen LogP contribution in [0.15, 0.2) is 12.1 Å². The number of aryl methyl sites for hydroxylation is 2. The molecule has 1 N–H and O–H groups in total. The molecule has 1 aromatic rings. The number of hydrogen-bond donors (Lipinski definition) is 1. The fraction of sp³-hybridized carbons (Fsp3) is 0.200. The first-order chi connectivity index (χ1) is 5.24. The van der Waals surface area contributed by atoms with Crippen LogP contribution in [0.3, 0.4) is 0 Å². The Kier molecular flexibility index (Phi) is 4.70. The van der Waals surface area contributed by atoms with Gasteiger partial charge in [-0.3, -0.25) is 0 Å². The van der Waals surface area contributed by atoms with Crippen molar-refractivity contribution in [2.24, 2.45) is 0 Å². The van der Waals surface area contributed by atoms with Crippen molar-refractivity contribution in [3.8, 4) is 12.5 Å². The molecule has 12 heavy (non-hydrogen) atoms. The van der Waals surface area contributed by atoms with Crippen LogP contribution >= 0.6 is 0 Å². The van der Waals surface area contributed by atoms with Gasteiger partial charge in [-0.15, -0.1) is 5.56 Å². The van der Waals surface area contributed by atoms with Crippen LogP contribution in [0.1, 0.15) is 11.1 Å². The van der Waals surface area contributed by atoms with Crippen molar-refractivity contribution >= 4 is 5.69 Å². The average Bonchev–Trinajstić information content (AvgIpc) is 1.95. The molecule has 0 atom stereocenters. The van der Waals surface area contributed by atoms with Gasteiger partial charge in [0.25, 0.3) is 0 Å². The van der Waals surface area contributed by atoms with Crippen molar-refractivity contribution in [1.29, 1.82) is 0 Å². The maximum absolute atomic E-state index is 5.09. The third-order valence-corrected chi connectivity index (χ3v) is 1.51. The van der Waals surface area contributed by atoms with E-state index in [-0.39, 0.29) is 21.1 Å². The van der Waals surface area contributed by atoms with E-state index in [0.717, 1.165) is 16.8 Å². The number of anilines is 1. The molecular weight excluding hydrogens is 318 g/mol. The van der Waals surface area contributed by atoms with E-state index in [1.807, 2.05) is 26.0 Å². The smallest absolute Gasteiger partial charge is 0.368 e. The molecule has 0 bridgehead atoms. The van der Waals surface area contributed by atoms with E-state index in [0.29, 0.717) is 0 Å². The van der Waals surface area contributed by atoms with Gasteiger partial charge in [-0.25, -0.2) is 0 Å². The third kappa shape index (κ3) is 2.72. The molecule has 0 aliphatic rings. The number of benzene rings is 1. The van der Waals surface area contributed by atoms with E-state index in [9.17, 15) is 0 Å². The number of rotatable bonds is 1. The molecule has 1 rings (SSSR count). The Morgan fingerprint density at radius 1 is 1.50 bits per heavy atom. The van der Waals surface area contributed by atoms with Gasteiger partial charge in [0.1, 0.15) is 0 Å². The average molecular weight is 328 g/mol. The maximum Gasteiger partial charge on any atom is 2.00 e. The van der Waals surface area contributed by atoms with Crippen LogP contribution in [-0.2, 0) is 21.1 Å². The fourth-order valence-corrected chi connectivity index (χ4v) is 0.956. The predicted octanol–water partition coefficient (Wildman–Crippen LogP) is 2.10. The molecule has 0 saturated heterocycles. The standard InChI is InChI=1S/C10H10N.W/c1-4-11-10-6-5-8(2)7-9(10)3;/h1,6-7,11H,2-3H3;/q-1;+2. The van der Waals surface area contributed by atoms with Crippen LogP contribution < -0.4 is 5.32 Å². The Hall–Kier alpha value is -0.732. The van der Waals surface area contributed by atoms with E-state index in [1.54, 1.807) is 0 Å². The van der Waals surface area contributed by atoms with Crippen molar-refractivity contribution in [2.45, 2.75) is 13.8 Å². The second-order valence-electron chi connectivity index (χ2n) is 2.48. The molecule has 0 heterocycles. The number of terminal acetylenes is 1. The molecular formula is C10H10NW+. The molecule has 0 aromatic heterocycles. The molecule has 0 unspecified atom stereocenters. The van der Waals surface area contributed by atoms with Gasteiger partial charge in [0.2, 0.25) is 0 Å². The van der Waals surface area contributed by atoms with Crippen LogP contribution in [0.2, 0.25) is 0 Å². The summed E-state index contributed by atoms with van der Waals surface area (Å²) in [4.78, 5) is 0. The molecule has 0 saturated carbocycles. The Morgan fingerprint density at radius 3 is 2.67 bits per heavy atom. The summed E-state index contributed by atoms with van der Waals surface area (Å²) in [5, 5.41) is 2.80. The molecule has 0 fully saturated rings. The summed E-state index contributed by atoms with van der Waals surface area (Å²) < 4.78 is 0. The van der Waals surface area contributed by atoms with Crippen molar-refractivity contribution in [2.75, 3.05) is 5.32 Å². The van der Waals surface area contributed by atoms with Gasteiger partial charge < -0.3 is 5.32 Å². The van der Waals surface area contributed by atoms with Crippen molar-refractivity contribution < 1.29 is 21.1 Å². The first-order valence-electron chi connectivity index (χ1n) is 3.44. The molecule has 1 nitrogen and oxygen atoms in total. The Balaban J connectivity index is 0.00000121. The molecule has 0 aliphatic carbocycles. The van der Waals surface area contributed by atoms with Gasteiger partial charge in [-0.2, -0.15) is 23.8 Å². The zero-order valence-electron chi connectivity index (χ0n) is 7.14. The first kappa shape index (κ1) is 11.3. The van der Waals surface area contributed by atoms with Crippen LogP contribution in [0.25, 0.3) is 0 Å². The van der Waals surface area contributed by atoms with Crippen LogP contribution in [0.4, 0.5) is 5.69 Å². The van der Waals surface area contributed by atoms with Crippen molar-refractivity contribution in [3.05, 3.63) is 29.3 Å². The largest absolute Gasteiger partial charge is 2.00 e. The maximum atomic E-state index is 5.09. The Morgan fingerprint density at radius 2 is 2.17 bits per heavy atom. The summed E-state index contributed by atoms with van der Waals surface area (Å²) in [5.74, 6) is 0. The molecule has 60 valence electrons. The monoisotopic (exact) mass is 328 g/mol. The summed E-state index contributed by atoms with van der Waals surface area (Å²) in [5.41, 5.74) is 3.24. The summed E-state index contributed by atoms with van der Waals surface area (Å²) in [6.45, 7) is 4.02. The predicted molar refractivity (Wildman–Crippen MR) is 47.2 cm³/mol. The first-order valence-corrected chi connectivity index (χ1v) is 3.44. The van der Waals surface area contributed by atoms with Crippen molar-refractivity contribution in [1.82, 2.24) is 0 Å². The zero-order chi connectivity index (χ0) is 8.27. The van der Waals surface area contributed by atoms with Gasteiger partial charge in [0.15, 0.2) is 0 Å². The topological polar surface area (TPSA) is 12.0 Å². The Labute approximate surface area is 87.8 Å². The minimum atomic E-state index is 0. The van der Waals surface area contributed by atoms with Crippen LogP contribution in [0, 0.1) is 32.4 Å². The van der Waals surface area contributed by atoms with Crippen molar-refractivity contribution in [3.63, 3.8) is 0 Å².